The van der Waals surface area contributed by atoms with Crippen LogP contribution in [0.4, 0.5) is 0 Å². The van der Waals surface area contributed by atoms with Gasteiger partial charge in [-0.1, -0.05) is 20.8 Å². The summed E-state index contributed by atoms with van der Waals surface area (Å²) in [4.78, 5) is 23.9. The molecule has 1 amide bonds. The van der Waals surface area contributed by atoms with Crippen LogP contribution in [0.3, 0.4) is 0 Å². The number of hydrogen-bond donors (Lipinski definition) is 5. The third-order valence-corrected chi connectivity index (χ3v) is 3.92. The minimum atomic E-state index is -1.54. The molecule has 0 radical (unpaired) electrons. The number of nitrogens with two attached hydrogens (primary N) is 1. The Balaban J connectivity index is 2.94. The van der Waals surface area contributed by atoms with Crippen molar-refractivity contribution in [2.75, 3.05) is 6.61 Å². The second-order valence-electron chi connectivity index (χ2n) is 6.25. The van der Waals surface area contributed by atoms with Crippen LogP contribution in [0.15, 0.2) is 0 Å². The number of aliphatic hydroxyl groups is 3. The van der Waals surface area contributed by atoms with Gasteiger partial charge in [-0.15, -0.1) is 0 Å². The monoisotopic (exact) mass is 348 g/mol. The van der Waals surface area contributed by atoms with Crippen molar-refractivity contribution < 1.29 is 34.4 Å². The lowest BCUT2D eigenvalue weighted by Crippen LogP contribution is -2.65. The standard InChI is InChI=1S/C15H28N2O7/c1-4-5-9(19)17-11-13(24-14(21)10(16)7(2)3)12(20)8(6-18)23-15(11)22/h7-8,10-13,15,18,20,22H,4-6,16H2,1-3H3,(H,17,19)/t8?,10-,11?,12?,13+,15?/m0/s1. The molecule has 6 atom stereocenters. The number of amides is 1. The molecule has 0 aromatic heterocycles. The lowest BCUT2D eigenvalue weighted by atomic mass is 9.96. The average molecular weight is 348 g/mol. The van der Waals surface area contributed by atoms with Crippen molar-refractivity contribution in [3.05, 3.63) is 0 Å². The first-order valence-corrected chi connectivity index (χ1v) is 8.10. The first-order valence-electron chi connectivity index (χ1n) is 8.10. The van der Waals surface area contributed by atoms with E-state index in [9.17, 15) is 24.9 Å². The van der Waals surface area contributed by atoms with Gasteiger partial charge in [0.2, 0.25) is 5.91 Å². The summed E-state index contributed by atoms with van der Waals surface area (Å²) in [6, 6.07) is -2.08. The van der Waals surface area contributed by atoms with E-state index in [4.69, 9.17) is 15.2 Å². The molecule has 1 heterocycles. The molecule has 0 aromatic rings. The Morgan fingerprint density at radius 1 is 1.33 bits per heavy atom. The number of ether oxygens (including phenoxy) is 2. The topological polar surface area (TPSA) is 151 Å². The summed E-state index contributed by atoms with van der Waals surface area (Å²) in [7, 11) is 0. The highest BCUT2D eigenvalue weighted by molar-refractivity contribution is 5.77. The van der Waals surface area contributed by atoms with E-state index >= 15 is 0 Å². The zero-order chi connectivity index (χ0) is 18.4. The van der Waals surface area contributed by atoms with E-state index in [1.807, 2.05) is 6.92 Å². The lowest BCUT2D eigenvalue weighted by molar-refractivity contribution is -0.259. The summed E-state index contributed by atoms with van der Waals surface area (Å²) in [6.07, 6.45) is -4.61. The quantitative estimate of drug-likeness (QED) is 0.339. The lowest BCUT2D eigenvalue weighted by Gasteiger charge is -2.42. The van der Waals surface area contributed by atoms with Crippen LogP contribution in [0, 0.1) is 5.92 Å². The number of aliphatic hydroxyl groups excluding tert-OH is 3. The molecule has 9 nitrogen and oxygen atoms in total. The highest BCUT2D eigenvalue weighted by Crippen LogP contribution is 2.23. The molecule has 0 aliphatic carbocycles. The van der Waals surface area contributed by atoms with Crippen molar-refractivity contribution in [1.29, 1.82) is 0 Å². The van der Waals surface area contributed by atoms with Gasteiger partial charge < -0.3 is 35.8 Å². The third-order valence-electron chi connectivity index (χ3n) is 3.92. The van der Waals surface area contributed by atoms with Crippen molar-refractivity contribution in [3.8, 4) is 0 Å². The largest absolute Gasteiger partial charge is 0.456 e. The molecule has 9 heteroatoms. The van der Waals surface area contributed by atoms with Crippen LogP contribution in [-0.2, 0) is 19.1 Å². The van der Waals surface area contributed by atoms with Gasteiger partial charge in [-0.2, -0.15) is 0 Å². The van der Waals surface area contributed by atoms with Crippen LogP contribution < -0.4 is 11.1 Å². The van der Waals surface area contributed by atoms with Gasteiger partial charge in [-0.25, -0.2) is 0 Å². The van der Waals surface area contributed by atoms with E-state index < -0.39 is 49.3 Å². The molecule has 0 bridgehead atoms. The van der Waals surface area contributed by atoms with Gasteiger partial charge in [0.25, 0.3) is 0 Å². The van der Waals surface area contributed by atoms with E-state index in [0.717, 1.165) is 0 Å². The Morgan fingerprint density at radius 3 is 2.46 bits per heavy atom. The van der Waals surface area contributed by atoms with Gasteiger partial charge in [0.1, 0.15) is 24.3 Å². The van der Waals surface area contributed by atoms with Gasteiger partial charge in [-0.3, -0.25) is 9.59 Å². The van der Waals surface area contributed by atoms with Crippen LogP contribution in [-0.4, -0.2) is 70.5 Å². The van der Waals surface area contributed by atoms with Crippen molar-refractivity contribution in [1.82, 2.24) is 5.32 Å². The predicted molar refractivity (Wildman–Crippen MR) is 83.5 cm³/mol. The van der Waals surface area contributed by atoms with Gasteiger partial charge in [0, 0.05) is 6.42 Å². The number of carbonyl (C=O) groups is 2. The van der Waals surface area contributed by atoms with Gasteiger partial charge >= 0.3 is 5.97 Å². The molecule has 0 aromatic carbocycles. The second-order valence-corrected chi connectivity index (χ2v) is 6.25. The molecular formula is C15H28N2O7. The summed E-state index contributed by atoms with van der Waals surface area (Å²) in [6.45, 7) is 4.69. The van der Waals surface area contributed by atoms with Gasteiger partial charge in [0.05, 0.1) is 6.61 Å². The molecule has 1 aliphatic rings. The van der Waals surface area contributed by atoms with Crippen LogP contribution in [0.2, 0.25) is 0 Å². The Kier molecular flexibility index (Phi) is 8.04. The average Bonchev–Trinajstić information content (AvgIpc) is 2.52. The summed E-state index contributed by atoms with van der Waals surface area (Å²) in [5.74, 6) is -1.34. The molecule has 1 fully saturated rings. The highest BCUT2D eigenvalue weighted by Gasteiger charge is 2.47. The molecule has 1 rings (SSSR count). The zero-order valence-electron chi connectivity index (χ0n) is 14.2. The molecule has 1 aliphatic heterocycles. The normalized spacial score (nSPS) is 31.6. The molecule has 6 N–H and O–H groups in total. The predicted octanol–water partition coefficient (Wildman–Crippen LogP) is -1.76. The number of nitrogens with one attached hydrogen (secondary N) is 1. The molecule has 24 heavy (non-hydrogen) atoms. The minimum Gasteiger partial charge on any atom is -0.456 e. The fourth-order valence-electron chi connectivity index (χ4n) is 2.35. The number of esters is 1. The molecular weight excluding hydrogens is 320 g/mol. The smallest absolute Gasteiger partial charge is 0.323 e. The van der Waals surface area contributed by atoms with E-state index in [1.54, 1.807) is 13.8 Å². The Bertz CT molecular complexity index is 432. The van der Waals surface area contributed by atoms with Crippen molar-refractivity contribution in [2.24, 2.45) is 11.7 Å². The van der Waals surface area contributed by atoms with Gasteiger partial charge in [0.15, 0.2) is 12.4 Å². The zero-order valence-corrected chi connectivity index (χ0v) is 14.2. The SMILES string of the molecule is CCCC(=O)NC1C(O)OC(CO)C(O)[C@@H]1OC(=O)[C@@H](N)C(C)C. The van der Waals surface area contributed by atoms with Crippen LogP contribution in [0.5, 0.6) is 0 Å². The Labute approximate surface area is 141 Å². The fourth-order valence-corrected chi connectivity index (χ4v) is 2.35. The summed E-state index contributed by atoms with van der Waals surface area (Å²) < 4.78 is 10.3. The summed E-state index contributed by atoms with van der Waals surface area (Å²) in [5.41, 5.74) is 5.73. The maximum atomic E-state index is 12.1. The van der Waals surface area contributed by atoms with Crippen LogP contribution in [0.25, 0.3) is 0 Å². The van der Waals surface area contributed by atoms with E-state index in [1.165, 1.54) is 0 Å². The molecule has 1 saturated heterocycles. The second kappa shape index (κ2) is 9.28. The van der Waals surface area contributed by atoms with Gasteiger partial charge in [-0.05, 0) is 12.3 Å². The van der Waals surface area contributed by atoms with Crippen LogP contribution >= 0.6 is 0 Å². The number of hydrogen-bond acceptors (Lipinski definition) is 8. The molecule has 0 saturated carbocycles. The van der Waals surface area contributed by atoms with E-state index in [0.29, 0.717) is 6.42 Å². The molecule has 140 valence electrons. The minimum absolute atomic E-state index is 0.193. The van der Waals surface area contributed by atoms with Crippen molar-refractivity contribution >= 4 is 11.9 Å². The van der Waals surface area contributed by atoms with Crippen molar-refractivity contribution in [3.63, 3.8) is 0 Å². The van der Waals surface area contributed by atoms with E-state index in [-0.39, 0.29) is 18.2 Å². The third kappa shape index (κ3) is 5.12. The maximum Gasteiger partial charge on any atom is 0.323 e. The number of carbonyl (C=O) groups excluding carboxylic acids is 2. The maximum absolute atomic E-state index is 12.1. The van der Waals surface area contributed by atoms with Crippen LogP contribution in [0.1, 0.15) is 33.6 Å². The molecule has 4 unspecified atom stereocenters. The first-order chi connectivity index (χ1) is 11.2. The highest BCUT2D eigenvalue weighted by atomic mass is 16.6. The number of rotatable bonds is 7. The first kappa shape index (κ1) is 20.8. The fraction of sp³-hybridized carbons (Fsp3) is 0.867. The van der Waals surface area contributed by atoms with E-state index in [2.05, 4.69) is 5.32 Å². The summed E-state index contributed by atoms with van der Waals surface area (Å²) >= 11 is 0. The summed E-state index contributed by atoms with van der Waals surface area (Å²) in [5, 5.41) is 32.0. The van der Waals surface area contributed by atoms with Crippen molar-refractivity contribution in [2.45, 2.75) is 70.3 Å². The Morgan fingerprint density at radius 2 is 1.96 bits per heavy atom. The Hall–Kier alpha value is -1.26. The molecule has 0 spiro atoms.